The Labute approximate surface area is 186 Å². The molecular formula is C26H27F3N2O. The standard InChI is InChI=1S/C26H27F3N2O/c1-18-7-6-10-21(17-18)23(16-13-19-11-14-22(15-12-19)26(27,28)29)31(2)24(25(30)32)20-8-4-3-5-9-20/h3-12,14-15,17,23-24H,13,16H2,1-2H3,(H2,30,32). The van der Waals surface area contributed by atoms with E-state index in [2.05, 4.69) is 6.07 Å². The Hall–Kier alpha value is -3.12. The first-order chi connectivity index (χ1) is 15.2. The van der Waals surface area contributed by atoms with Crippen LogP contribution >= 0.6 is 0 Å². The number of nitrogens with two attached hydrogens (primary N) is 1. The number of aryl methyl sites for hydroxylation is 2. The summed E-state index contributed by atoms with van der Waals surface area (Å²) in [6, 6.07) is 21.8. The van der Waals surface area contributed by atoms with Crippen LogP contribution in [0.1, 0.15) is 46.3 Å². The minimum Gasteiger partial charge on any atom is -0.368 e. The molecular weight excluding hydrogens is 413 g/mol. The van der Waals surface area contributed by atoms with Crippen LogP contribution in [0.3, 0.4) is 0 Å². The normalized spacial score (nSPS) is 13.7. The number of hydrogen-bond donors (Lipinski definition) is 1. The number of alkyl halides is 3. The molecule has 0 heterocycles. The van der Waals surface area contributed by atoms with E-state index in [0.717, 1.165) is 34.4 Å². The first-order valence-corrected chi connectivity index (χ1v) is 10.5. The highest BCUT2D eigenvalue weighted by Gasteiger charge is 2.31. The lowest BCUT2D eigenvalue weighted by molar-refractivity contribution is -0.137. The van der Waals surface area contributed by atoms with E-state index in [1.807, 2.05) is 67.4 Å². The average Bonchev–Trinajstić information content (AvgIpc) is 2.74. The summed E-state index contributed by atoms with van der Waals surface area (Å²) in [5, 5.41) is 0. The van der Waals surface area contributed by atoms with Crippen LogP contribution in [0.25, 0.3) is 0 Å². The summed E-state index contributed by atoms with van der Waals surface area (Å²) >= 11 is 0. The van der Waals surface area contributed by atoms with Crippen molar-refractivity contribution in [3.8, 4) is 0 Å². The van der Waals surface area contributed by atoms with Gasteiger partial charge in [-0.25, -0.2) is 0 Å². The van der Waals surface area contributed by atoms with Crippen molar-refractivity contribution in [1.29, 1.82) is 0 Å². The third-order valence-corrected chi connectivity index (χ3v) is 5.70. The zero-order valence-corrected chi connectivity index (χ0v) is 18.1. The molecule has 32 heavy (non-hydrogen) atoms. The van der Waals surface area contributed by atoms with Gasteiger partial charge in [-0.05, 0) is 55.6 Å². The Morgan fingerprint density at radius 2 is 1.56 bits per heavy atom. The monoisotopic (exact) mass is 440 g/mol. The maximum Gasteiger partial charge on any atom is 0.416 e. The highest BCUT2D eigenvalue weighted by atomic mass is 19.4. The predicted molar refractivity (Wildman–Crippen MR) is 120 cm³/mol. The number of benzene rings is 3. The molecule has 0 spiro atoms. The van der Waals surface area contributed by atoms with Gasteiger partial charge >= 0.3 is 6.18 Å². The van der Waals surface area contributed by atoms with Gasteiger partial charge in [-0.3, -0.25) is 9.69 Å². The lowest BCUT2D eigenvalue weighted by atomic mass is 9.93. The van der Waals surface area contributed by atoms with E-state index in [0.29, 0.717) is 12.8 Å². The van der Waals surface area contributed by atoms with Gasteiger partial charge in [-0.2, -0.15) is 13.2 Å². The summed E-state index contributed by atoms with van der Waals surface area (Å²) in [5.74, 6) is -0.453. The van der Waals surface area contributed by atoms with Crippen LogP contribution in [-0.2, 0) is 17.4 Å². The number of carbonyl (C=O) groups excluding carboxylic acids is 1. The topological polar surface area (TPSA) is 46.3 Å². The number of nitrogens with zero attached hydrogens (tertiary/aromatic N) is 1. The largest absolute Gasteiger partial charge is 0.416 e. The number of amides is 1. The van der Waals surface area contributed by atoms with Crippen LogP contribution in [-0.4, -0.2) is 17.9 Å². The summed E-state index contributed by atoms with van der Waals surface area (Å²) in [6.07, 6.45) is -3.18. The van der Waals surface area contributed by atoms with Gasteiger partial charge in [0.1, 0.15) is 6.04 Å². The third-order valence-electron chi connectivity index (χ3n) is 5.70. The second-order valence-corrected chi connectivity index (χ2v) is 8.04. The van der Waals surface area contributed by atoms with Gasteiger partial charge in [0.15, 0.2) is 0 Å². The second kappa shape index (κ2) is 10.0. The minimum atomic E-state index is -4.35. The van der Waals surface area contributed by atoms with Crippen LogP contribution in [0, 0.1) is 6.92 Å². The van der Waals surface area contributed by atoms with E-state index in [4.69, 9.17) is 5.73 Å². The fourth-order valence-corrected chi connectivity index (χ4v) is 4.06. The molecule has 3 rings (SSSR count). The Morgan fingerprint density at radius 1 is 0.938 bits per heavy atom. The quantitative estimate of drug-likeness (QED) is 0.478. The van der Waals surface area contributed by atoms with E-state index in [1.54, 1.807) is 0 Å². The van der Waals surface area contributed by atoms with Crippen LogP contribution in [0.4, 0.5) is 13.2 Å². The third kappa shape index (κ3) is 5.77. The van der Waals surface area contributed by atoms with Gasteiger partial charge in [0.25, 0.3) is 0 Å². The smallest absolute Gasteiger partial charge is 0.368 e. The van der Waals surface area contributed by atoms with E-state index < -0.39 is 23.7 Å². The van der Waals surface area contributed by atoms with Gasteiger partial charge in [0.05, 0.1) is 5.56 Å². The first-order valence-electron chi connectivity index (χ1n) is 10.5. The fourth-order valence-electron chi connectivity index (χ4n) is 4.06. The molecule has 2 atom stereocenters. The van der Waals surface area contributed by atoms with Crippen molar-refractivity contribution < 1.29 is 18.0 Å². The second-order valence-electron chi connectivity index (χ2n) is 8.04. The van der Waals surface area contributed by atoms with Gasteiger partial charge in [0.2, 0.25) is 5.91 Å². The Morgan fingerprint density at radius 3 is 2.12 bits per heavy atom. The molecule has 2 unspecified atom stereocenters. The van der Waals surface area contributed by atoms with Crippen molar-refractivity contribution in [2.24, 2.45) is 5.73 Å². The van der Waals surface area contributed by atoms with E-state index in [1.165, 1.54) is 12.1 Å². The van der Waals surface area contributed by atoms with Crippen molar-refractivity contribution in [3.05, 3.63) is 107 Å². The summed E-state index contributed by atoms with van der Waals surface area (Å²) in [7, 11) is 1.86. The predicted octanol–water partition coefficient (Wildman–Crippen LogP) is 5.85. The van der Waals surface area contributed by atoms with Crippen LogP contribution < -0.4 is 5.73 Å². The molecule has 6 heteroatoms. The van der Waals surface area contributed by atoms with Crippen LogP contribution in [0.2, 0.25) is 0 Å². The molecule has 0 aliphatic heterocycles. The number of hydrogen-bond acceptors (Lipinski definition) is 2. The molecule has 2 N–H and O–H groups in total. The summed E-state index contributed by atoms with van der Waals surface area (Å²) in [4.78, 5) is 14.4. The summed E-state index contributed by atoms with van der Waals surface area (Å²) in [6.45, 7) is 2.00. The molecule has 0 aliphatic carbocycles. The van der Waals surface area contributed by atoms with Gasteiger partial charge in [-0.15, -0.1) is 0 Å². The molecule has 1 amide bonds. The molecule has 3 nitrogen and oxygen atoms in total. The van der Waals surface area contributed by atoms with Crippen molar-refractivity contribution in [2.75, 3.05) is 7.05 Å². The van der Waals surface area contributed by atoms with E-state index >= 15 is 0 Å². The average molecular weight is 441 g/mol. The molecule has 0 saturated carbocycles. The zero-order valence-electron chi connectivity index (χ0n) is 18.1. The van der Waals surface area contributed by atoms with Crippen molar-refractivity contribution in [1.82, 2.24) is 4.90 Å². The number of primary amides is 1. The maximum absolute atomic E-state index is 12.9. The molecule has 0 saturated heterocycles. The zero-order chi connectivity index (χ0) is 23.3. The Balaban J connectivity index is 1.89. The molecule has 0 fully saturated rings. The van der Waals surface area contributed by atoms with Crippen molar-refractivity contribution in [2.45, 2.75) is 38.0 Å². The molecule has 0 aliphatic rings. The fraction of sp³-hybridized carbons (Fsp3) is 0.269. The number of halogens is 3. The SMILES string of the molecule is Cc1cccc(C(CCc2ccc(C(F)(F)F)cc2)N(C)C(C(N)=O)c2ccccc2)c1. The van der Waals surface area contributed by atoms with Gasteiger partial charge in [0, 0.05) is 6.04 Å². The summed E-state index contributed by atoms with van der Waals surface area (Å²) < 4.78 is 38.6. The molecule has 0 bridgehead atoms. The minimum absolute atomic E-state index is 0.158. The maximum atomic E-state index is 12.9. The first kappa shape index (κ1) is 23.5. The highest BCUT2D eigenvalue weighted by molar-refractivity contribution is 5.81. The Kier molecular flexibility index (Phi) is 7.36. The lowest BCUT2D eigenvalue weighted by Gasteiger charge is -2.34. The van der Waals surface area contributed by atoms with Crippen molar-refractivity contribution in [3.63, 3.8) is 0 Å². The molecule has 3 aromatic carbocycles. The molecule has 0 radical (unpaired) electrons. The molecule has 0 aromatic heterocycles. The number of likely N-dealkylation sites (N-methyl/N-ethyl adjacent to an activating group) is 1. The number of carbonyl (C=O) groups is 1. The Bertz CT molecular complexity index is 1030. The van der Waals surface area contributed by atoms with Crippen molar-refractivity contribution >= 4 is 5.91 Å². The number of rotatable bonds is 8. The van der Waals surface area contributed by atoms with E-state index in [-0.39, 0.29) is 6.04 Å². The lowest BCUT2D eigenvalue weighted by Crippen LogP contribution is -2.38. The van der Waals surface area contributed by atoms with E-state index in [9.17, 15) is 18.0 Å². The summed E-state index contributed by atoms with van der Waals surface area (Å²) in [5.41, 5.74) is 8.86. The van der Waals surface area contributed by atoms with Gasteiger partial charge in [-0.1, -0.05) is 72.3 Å². The molecule has 168 valence electrons. The molecule has 3 aromatic rings. The highest BCUT2D eigenvalue weighted by Crippen LogP contribution is 2.34. The van der Waals surface area contributed by atoms with Crippen LogP contribution in [0.15, 0.2) is 78.9 Å². The van der Waals surface area contributed by atoms with Crippen LogP contribution in [0.5, 0.6) is 0 Å². The van der Waals surface area contributed by atoms with Gasteiger partial charge < -0.3 is 5.73 Å².